The first-order valence-corrected chi connectivity index (χ1v) is 4.45. The van der Waals surface area contributed by atoms with Crippen LogP contribution in [-0.4, -0.2) is 24.3 Å². The van der Waals surface area contributed by atoms with E-state index in [0.29, 0.717) is 0 Å². The van der Waals surface area contributed by atoms with Crippen LogP contribution in [0.15, 0.2) is 11.6 Å². The molecule has 62 valence electrons. The molecule has 2 aliphatic rings. The molecule has 2 N–H and O–H groups in total. The SMILES string of the molecule is OC1C=C(C2CCC2)CNC1. The van der Waals surface area contributed by atoms with Crippen molar-refractivity contribution in [3.05, 3.63) is 11.6 Å². The lowest BCUT2D eigenvalue weighted by molar-refractivity contribution is 0.206. The van der Waals surface area contributed by atoms with Crippen LogP contribution in [-0.2, 0) is 0 Å². The number of β-amino-alcohol motifs (C(OH)–C–C–N with tert-alkyl or cyclic N) is 1. The fraction of sp³-hybridized carbons (Fsp3) is 0.778. The van der Waals surface area contributed by atoms with Crippen molar-refractivity contribution in [1.29, 1.82) is 0 Å². The second-order valence-corrected chi connectivity index (χ2v) is 3.57. The van der Waals surface area contributed by atoms with Crippen LogP contribution < -0.4 is 5.32 Å². The Morgan fingerprint density at radius 2 is 2.27 bits per heavy atom. The Kier molecular flexibility index (Phi) is 1.96. The lowest BCUT2D eigenvalue weighted by atomic mass is 9.78. The van der Waals surface area contributed by atoms with Crippen molar-refractivity contribution in [2.45, 2.75) is 25.4 Å². The second-order valence-electron chi connectivity index (χ2n) is 3.57. The van der Waals surface area contributed by atoms with Gasteiger partial charge < -0.3 is 10.4 Å². The molecule has 1 aliphatic carbocycles. The zero-order chi connectivity index (χ0) is 7.68. The van der Waals surface area contributed by atoms with Crippen LogP contribution in [0.5, 0.6) is 0 Å². The summed E-state index contributed by atoms with van der Waals surface area (Å²) < 4.78 is 0. The molecule has 1 heterocycles. The first-order valence-electron chi connectivity index (χ1n) is 4.45. The molecule has 0 spiro atoms. The molecule has 1 fully saturated rings. The van der Waals surface area contributed by atoms with E-state index in [1.54, 1.807) is 0 Å². The number of aliphatic hydroxyl groups is 1. The standard InChI is InChI=1S/C9H15NO/c11-9-4-8(5-10-6-9)7-2-1-3-7/h4,7,9-11H,1-3,5-6H2. The van der Waals surface area contributed by atoms with Crippen molar-refractivity contribution in [3.8, 4) is 0 Å². The van der Waals surface area contributed by atoms with Crippen molar-refractivity contribution in [1.82, 2.24) is 5.32 Å². The predicted molar refractivity (Wildman–Crippen MR) is 44.3 cm³/mol. The summed E-state index contributed by atoms with van der Waals surface area (Å²) in [5, 5.41) is 12.5. The highest BCUT2D eigenvalue weighted by Gasteiger charge is 2.23. The van der Waals surface area contributed by atoms with Gasteiger partial charge in [-0.15, -0.1) is 0 Å². The van der Waals surface area contributed by atoms with Gasteiger partial charge in [0.15, 0.2) is 0 Å². The number of nitrogens with one attached hydrogen (secondary N) is 1. The maximum Gasteiger partial charge on any atom is 0.0848 e. The van der Waals surface area contributed by atoms with Crippen molar-refractivity contribution in [3.63, 3.8) is 0 Å². The summed E-state index contributed by atoms with van der Waals surface area (Å²) in [5.74, 6) is 0.789. The monoisotopic (exact) mass is 153 g/mol. The highest BCUT2D eigenvalue weighted by molar-refractivity contribution is 5.16. The van der Waals surface area contributed by atoms with E-state index in [9.17, 15) is 5.11 Å². The molecule has 0 aromatic rings. The van der Waals surface area contributed by atoms with Crippen LogP contribution >= 0.6 is 0 Å². The Morgan fingerprint density at radius 1 is 1.45 bits per heavy atom. The molecule has 0 bridgehead atoms. The minimum absolute atomic E-state index is 0.237. The van der Waals surface area contributed by atoms with Crippen LogP contribution in [0, 0.1) is 5.92 Å². The van der Waals surface area contributed by atoms with Crippen LogP contribution in [0.4, 0.5) is 0 Å². The highest BCUT2D eigenvalue weighted by Crippen LogP contribution is 2.33. The molecule has 0 aromatic heterocycles. The molecule has 0 saturated heterocycles. The quantitative estimate of drug-likeness (QED) is 0.543. The van der Waals surface area contributed by atoms with Gasteiger partial charge >= 0.3 is 0 Å². The maximum absolute atomic E-state index is 9.31. The summed E-state index contributed by atoms with van der Waals surface area (Å²) in [6, 6.07) is 0. The fourth-order valence-corrected chi connectivity index (χ4v) is 1.79. The van der Waals surface area contributed by atoms with Crippen molar-refractivity contribution >= 4 is 0 Å². The number of hydrogen-bond acceptors (Lipinski definition) is 2. The molecule has 1 saturated carbocycles. The van der Waals surface area contributed by atoms with E-state index in [4.69, 9.17) is 0 Å². The number of rotatable bonds is 1. The van der Waals surface area contributed by atoms with Crippen LogP contribution in [0.25, 0.3) is 0 Å². The molecular formula is C9H15NO. The zero-order valence-electron chi connectivity index (χ0n) is 6.71. The zero-order valence-corrected chi connectivity index (χ0v) is 6.71. The van der Waals surface area contributed by atoms with E-state index in [-0.39, 0.29) is 6.10 Å². The molecule has 2 nitrogen and oxygen atoms in total. The lowest BCUT2D eigenvalue weighted by Gasteiger charge is -2.31. The minimum Gasteiger partial charge on any atom is -0.388 e. The van der Waals surface area contributed by atoms with Gasteiger partial charge in [0.05, 0.1) is 6.10 Å². The van der Waals surface area contributed by atoms with E-state index >= 15 is 0 Å². The molecule has 0 radical (unpaired) electrons. The summed E-state index contributed by atoms with van der Waals surface area (Å²) in [6.45, 7) is 1.73. The largest absolute Gasteiger partial charge is 0.388 e. The molecule has 0 aromatic carbocycles. The van der Waals surface area contributed by atoms with Gasteiger partial charge in [0.1, 0.15) is 0 Å². The summed E-state index contributed by atoms with van der Waals surface area (Å²) in [7, 11) is 0. The molecule has 1 aliphatic heterocycles. The van der Waals surface area contributed by atoms with Crippen LogP contribution in [0.3, 0.4) is 0 Å². The van der Waals surface area contributed by atoms with Crippen molar-refractivity contribution < 1.29 is 5.11 Å². The summed E-state index contributed by atoms with van der Waals surface area (Å²) in [5.41, 5.74) is 1.44. The third-order valence-electron chi connectivity index (χ3n) is 2.72. The van der Waals surface area contributed by atoms with Gasteiger partial charge in [-0.2, -0.15) is 0 Å². The Morgan fingerprint density at radius 3 is 2.82 bits per heavy atom. The Bertz CT molecular complexity index is 172. The minimum atomic E-state index is -0.237. The first-order chi connectivity index (χ1) is 5.36. The van der Waals surface area contributed by atoms with Gasteiger partial charge in [0.2, 0.25) is 0 Å². The van der Waals surface area contributed by atoms with E-state index in [1.165, 1.54) is 24.8 Å². The van der Waals surface area contributed by atoms with Crippen molar-refractivity contribution in [2.75, 3.05) is 13.1 Å². The smallest absolute Gasteiger partial charge is 0.0848 e. The lowest BCUT2D eigenvalue weighted by Crippen LogP contribution is -2.35. The molecule has 1 unspecified atom stereocenters. The predicted octanol–water partition coefficient (Wildman–Crippen LogP) is 0.677. The second kappa shape index (κ2) is 2.95. The molecule has 0 amide bonds. The average molecular weight is 153 g/mol. The summed E-state index contributed by atoms with van der Waals surface area (Å²) in [4.78, 5) is 0. The van der Waals surface area contributed by atoms with Gasteiger partial charge in [-0.25, -0.2) is 0 Å². The van der Waals surface area contributed by atoms with Gasteiger partial charge in [-0.1, -0.05) is 18.1 Å². The van der Waals surface area contributed by atoms with E-state index in [1.807, 2.05) is 6.08 Å². The van der Waals surface area contributed by atoms with Gasteiger partial charge in [-0.3, -0.25) is 0 Å². The molecule has 2 heteroatoms. The van der Waals surface area contributed by atoms with Gasteiger partial charge in [0.25, 0.3) is 0 Å². The first kappa shape index (κ1) is 7.32. The Labute approximate surface area is 67.3 Å². The van der Waals surface area contributed by atoms with E-state index < -0.39 is 0 Å². The third-order valence-corrected chi connectivity index (χ3v) is 2.72. The number of aliphatic hydroxyl groups excluding tert-OH is 1. The van der Waals surface area contributed by atoms with E-state index in [2.05, 4.69) is 5.32 Å². The van der Waals surface area contributed by atoms with E-state index in [0.717, 1.165) is 19.0 Å². The van der Waals surface area contributed by atoms with Crippen LogP contribution in [0.1, 0.15) is 19.3 Å². The molecule has 11 heavy (non-hydrogen) atoms. The summed E-state index contributed by atoms with van der Waals surface area (Å²) >= 11 is 0. The van der Waals surface area contributed by atoms with Crippen LogP contribution in [0.2, 0.25) is 0 Å². The Hall–Kier alpha value is -0.340. The van der Waals surface area contributed by atoms with Gasteiger partial charge in [0, 0.05) is 13.1 Å². The Balaban J connectivity index is 1.99. The topological polar surface area (TPSA) is 32.3 Å². The molecule has 1 atom stereocenters. The highest BCUT2D eigenvalue weighted by atomic mass is 16.3. The molecule has 2 rings (SSSR count). The maximum atomic E-state index is 9.31. The summed E-state index contributed by atoms with van der Waals surface area (Å²) in [6.07, 6.45) is 5.85. The fourth-order valence-electron chi connectivity index (χ4n) is 1.79. The third kappa shape index (κ3) is 1.47. The van der Waals surface area contributed by atoms with Crippen molar-refractivity contribution in [2.24, 2.45) is 5.92 Å². The normalized spacial score (nSPS) is 32.8. The number of hydrogen-bond donors (Lipinski definition) is 2. The van der Waals surface area contributed by atoms with Gasteiger partial charge in [-0.05, 0) is 18.8 Å². The molecular weight excluding hydrogens is 138 g/mol. The average Bonchev–Trinajstić information content (AvgIpc) is 1.83.